The largest absolute Gasteiger partial charge is 0.477 e. The van der Waals surface area contributed by atoms with Crippen molar-refractivity contribution in [3.63, 3.8) is 0 Å². The fraction of sp³-hybridized carbons (Fsp3) is 0.200. The molecule has 0 amide bonds. The number of nitrogens with zero attached hydrogens (tertiary/aromatic N) is 3. The Bertz CT molecular complexity index is 1120. The number of hydrogen-bond donors (Lipinski definition) is 1. The van der Waals surface area contributed by atoms with Crippen LogP contribution in [-0.2, 0) is 16.1 Å². The molecule has 0 radical (unpaired) electrons. The Morgan fingerprint density at radius 3 is 2.69 bits per heavy atom. The first-order chi connectivity index (χ1) is 13.7. The lowest BCUT2D eigenvalue weighted by Crippen LogP contribution is -2.40. The van der Waals surface area contributed by atoms with Crippen LogP contribution in [0.5, 0.6) is 5.75 Å². The van der Waals surface area contributed by atoms with Crippen molar-refractivity contribution in [1.29, 1.82) is 0 Å². The van der Waals surface area contributed by atoms with E-state index in [1.165, 1.54) is 18.3 Å². The van der Waals surface area contributed by atoms with E-state index in [-0.39, 0.29) is 6.54 Å². The van der Waals surface area contributed by atoms with Crippen LogP contribution in [0.2, 0.25) is 5.02 Å². The average Bonchev–Trinajstić information content (AvgIpc) is 2.96. The van der Waals surface area contributed by atoms with Crippen molar-refractivity contribution in [2.45, 2.75) is 13.5 Å². The lowest BCUT2D eigenvalue weighted by atomic mass is 10.2. The minimum Gasteiger partial charge on any atom is -0.477 e. The number of aliphatic carboxylic acids is 1. The minimum absolute atomic E-state index is 0.224. The number of aliphatic imine (C=N–C) groups is 1. The summed E-state index contributed by atoms with van der Waals surface area (Å²) in [5.74, 6) is -1.09. The van der Waals surface area contributed by atoms with Gasteiger partial charge in [-0.25, -0.2) is 9.79 Å². The molecule has 3 rings (SSSR count). The molecule has 0 aliphatic heterocycles. The van der Waals surface area contributed by atoms with Crippen molar-refractivity contribution in [2.75, 3.05) is 19.0 Å². The third kappa shape index (κ3) is 4.90. The summed E-state index contributed by atoms with van der Waals surface area (Å²) < 4.78 is 7.83. The number of benzene rings is 2. The van der Waals surface area contributed by atoms with Crippen molar-refractivity contribution in [1.82, 2.24) is 0 Å². The number of ether oxygens (including phenoxy) is 1. The first-order valence-electron chi connectivity index (χ1n) is 8.62. The third-order valence-electron chi connectivity index (χ3n) is 4.01. The van der Waals surface area contributed by atoms with E-state index in [2.05, 4.69) is 4.99 Å². The zero-order chi connectivity index (χ0) is 21.1. The maximum atomic E-state index is 11.5. The molecule has 0 saturated heterocycles. The number of thiazole rings is 1. The number of esters is 1. The zero-order valence-corrected chi connectivity index (χ0v) is 17.6. The SMILES string of the molecule is CC(=O)Oc1cc(N(C)C)ccc1N=Cc1sc2ccc(Cl)cc2[n+]1CC(=O)O. The van der Waals surface area contributed by atoms with Crippen LogP contribution in [0.1, 0.15) is 11.9 Å². The van der Waals surface area contributed by atoms with Gasteiger partial charge in [0.2, 0.25) is 12.1 Å². The molecule has 2 aromatic carbocycles. The molecule has 9 heteroatoms. The Balaban J connectivity index is 2.06. The first kappa shape index (κ1) is 20.8. The highest BCUT2D eigenvalue weighted by Crippen LogP contribution is 2.32. The summed E-state index contributed by atoms with van der Waals surface area (Å²) in [5, 5.41) is 10.5. The number of fused-ring (bicyclic) bond motifs is 1. The summed E-state index contributed by atoms with van der Waals surface area (Å²) in [6.07, 6.45) is 1.57. The van der Waals surface area contributed by atoms with Gasteiger partial charge in [-0.05, 0) is 24.3 Å². The molecule has 1 aromatic heterocycles. The van der Waals surface area contributed by atoms with E-state index in [0.29, 0.717) is 21.5 Å². The molecule has 0 unspecified atom stereocenters. The first-order valence-corrected chi connectivity index (χ1v) is 9.81. The topological polar surface area (TPSA) is 83.1 Å². The Morgan fingerprint density at radius 2 is 2.03 bits per heavy atom. The highest BCUT2D eigenvalue weighted by molar-refractivity contribution is 7.19. The summed E-state index contributed by atoms with van der Waals surface area (Å²) in [6.45, 7) is 1.10. The van der Waals surface area contributed by atoms with Crippen LogP contribution >= 0.6 is 22.9 Å². The fourth-order valence-electron chi connectivity index (χ4n) is 2.72. The molecule has 1 N–H and O–H groups in total. The van der Waals surface area contributed by atoms with Gasteiger partial charge in [0.15, 0.2) is 5.75 Å². The average molecular weight is 433 g/mol. The second-order valence-electron chi connectivity index (χ2n) is 6.43. The molecule has 0 atom stereocenters. The quantitative estimate of drug-likeness (QED) is 0.278. The predicted octanol–water partition coefficient (Wildman–Crippen LogP) is 3.67. The number of anilines is 1. The number of carbonyl (C=O) groups excluding carboxylic acids is 1. The highest BCUT2D eigenvalue weighted by Gasteiger charge is 2.22. The molecule has 150 valence electrons. The summed E-state index contributed by atoms with van der Waals surface area (Å²) in [7, 11) is 3.76. The number of halogens is 1. The minimum atomic E-state index is -0.972. The van der Waals surface area contributed by atoms with E-state index in [0.717, 1.165) is 15.9 Å². The predicted molar refractivity (Wildman–Crippen MR) is 114 cm³/mol. The van der Waals surface area contributed by atoms with Crippen LogP contribution in [0.3, 0.4) is 0 Å². The van der Waals surface area contributed by atoms with Gasteiger partial charge < -0.3 is 14.7 Å². The van der Waals surface area contributed by atoms with Crippen LogP contribution in [0.15, 0.2) is 41.4 Å². The second-order valence-corrected chi connectivity index (χ2v) is 7.93. The molecule has 0 aliphatic rings. The van der Waals surface area contributed by atoms with Gasteiger partial charge in [0.05, 0.1) is 0 Å². The van der Waals surface area contributed by atoms with Crippen LogP contribution in [0, 0.1) is 0 Å². The Labute approximate surface area is 176 Å². The number of aromatic nitrogens is 1. The molecule has 1 heterocycles. The summed E-state index contributed by atoms with van der Waals surface area (Å²) >= 11 is 7.47. The fourth-order valence-corrected chi connectivity index (χ4v) is 3.90. The molecule has 7 nitrogen and oxygen atoms in total. The molecule has 0 saturated carbocycles. The van der Waals surface area contributed by atoms with Crippen LogP contribution in [0.4, 0.5) is 11.4 Å². The molecule has 0 aliphatic carbocycles. The lowest BCUT2D eigenvalue weighted by Gasteiger charge is -2.14. The van der Waals surface area contributed by atoms with Crippen molar-refractivity contribution in [3.05, 3.63) is 46.4 Å². The van der Waals surface area contributed by atoms with Gasteiger partial charge in [0, 0.05) is 43.9 Å². The number of hydrogen-bond acceptors (Lipinski definition) is 6. The van der Waals surface area contributed by atoms with Gasteiger partial charge in [0.25, 0.3) is 5.01 Å². The molecule has 0 bridgehead atoms. The van der Waals surface area contributed by atoms with E-state index in [4.69, 9.17) is 16.3 Å². The zero-order valence-electron chi connectivity index (χ0n) is 16.0. The van der Waals surface area contributed by atoms with Crippen molar-refractivity contribution in [2.24, 2.45) is 4.99 Å². The lowest BCUT2D eigenvalue weighted by molar-refractivity contribution is -0.656. The standard InChI is InChI=1S/C20H18ClN3O4S/c1-12(25)28-17-9-14(23(2)3)5-6-15(17)22-10-19-24(11-20(26)27)16-8-13(21)4-7-18(16)29-19/h4-10H,11H2,1-3H3/p+1. The molecule has 29 heavy (non-hydrogen) atoms. The Kier molecular flexibility index (Phi) is 6.14. The van der Waals surface area contributed by atoms with E-state index < -0.39 is 11.9 Å². The third-order valence-corrected chi connectivity index (χ3v) is 5.35. The number of carbonyl (C=O) groups is 2. The van der Waals surface area contributed by atoms with Crippen molar-refractivity contribution in [3.8, 4) is 5.75 Å². The van der Waals surface area contributed by atoms with Gasteiger partial charge in [-0.15, -0.1) is 0 Å². The van der Waals surface area contributed by atoms with E-state index in [1.54, 1.807) is 35.0 Å². The summed E-state index contributed by atoms with van der Waals surface area (Å²) in [5.41, 5.74) is 2.04. The van der Waals surface area contributed by atoms with E-state index >= 15 is 0 Å². The van der Waals surface area contributed by atoms with Gasteiger partial charge in [-0.1, -0.05) is 22.9 Å². The molecule has 0 spiro atoms. The van der Waals surface area contributed by atoms with Gasteiger partial charge in [-0.2, -0.15) is 4.57 Å². The smallest absolute Gasteiger partial charge is 0.370 e. The molecular formula is C20H19ClN3O4S+. The second kappa shape index (κ2) is 8.59. The Morgan fingerprint density at radius 1 is 1.28 bits per heavy atom. The number of carboxylic acid groups (broad SMARTS) is 1. The van der Waals surface area contributed by atoms with Gasteiger partial charge >= 0.3 is 11.9 Å². The van der Waals surface area contributed by atoms with Gasteiger partial charge in [0.1, 0.15) is 16.6 Å². The normalized spacial score (nSPS) is 11.2. The van der Waals surface area contributed by atoms with Gasteiger partial charge in [-0.3, -0.25) is 4.79 Å². The summed E-state index contributed by atoms with van der Waals surface area (Å²) in [6, 6.07) is 10.7. The maximum Gasteiger partial charge on any atom is 0.370 e. The molecule has 0 fully saturated rings. The van der Waals surface area contributed by atoms with E-state index in [9.17, 15) is 14.7 Å². The van der Waals surface area contributed by atoms with E-state index in [1.807, 2.05) is 31.1 Å². The van der Waals surface area contributed by atoms with Crippen LogP contribution in [0.25, 0.3) is 10.2 Å². The maximum absolute atomic E-state index is 11.5. The Hall–Kier alpha value is -2.97. The summed E-state index contributed by atoms with van der Waals surface area (Å²) in [4.78, 5) is 29.2. The number of carboxylic acids is 1. The van der Waals surface area contributed by atoms with Crippen molar-refractivity contribution >= 4 is 62.7 Å². The van der Waals surface area contributed by atoms with Crippen LogP contribution in [-0.4, -0.2) is 37.4 Å². The number of rotatable bonds is 6. The molecular weight excluding hydrogens is 414 g/mol. The van der Waals surface area contributed by atoms with Crippen LogP contribution < -0.4 is 14.2 Å². The highest BCUT2D eigenvalue weighted by atomic mass is 35.5. The monoisotopic (exact) mass is 432 g/mol. The van der Waals surface area contributed by atoms with Crippen molar-refractivity contribution < 1.29 is 24.0 Å². The molecule has 3 aromatic rings.